The van der Waals surface area contributed by atoms with Crippen LogP contribution in [0.5, 0.6) is 0 Å². The van der Waals surface area contributed by atoms with Crippen LogP contribution in [0.15, 0.2) is 24.7 Å². The number of thiazole rings is 1. The molecule has 0 saturated carbocycles. The topological polar surface area (TPSA) is 75.1 Å². The van der Waals surface area contributed by atoms with E-state index in [-0.39, 0.29) is 11.6 Å². The quantitative estimate of drug-likeness (QED) is 0.887. The monoisotopic (exact) mass is 263 g/mol. The molecule has 18 heavy (non-hydrogen) atoms. The van der Waals surface area contributed by atoms with E-state index >= 15 is 0 Å². The number of nitrogens with zero attached hydrogens (tertiary/aromatic N) is 2. The molecule has 0 bridgehead atoms. The van der Waals surface area contributed by atoms with Crippen LogP contribution in [0.3, 0.4) is 0 Å². The van der Waals surface area contributed by atoms with Crippen LogP contribution in [-0.2, 0) is 0 Å². The molecule has 0 radical (unpaired) electrons. The second-order valence-electron chi connectivity index (χ2n) is 3.90. The van der Waals surface area contributed by atoms with Crippen molar-refractivity contribution in [3.63, 3.8) is 0 Å². The summed E-state index contributed by atoms with van der Waals surface area (Å²) in [5.74, 6) is -0.992. The zero-order valence-corrected chi connectivity index (χ0v) is 10.9. The Bertz CT molecular complexity index is 568. The Morgan fingerprint density at radius 3 is 2.89 bits per heavy atom. The normalized spacial score (nSPS) is 12.1. The van der Waals surface area contributed by atoms with Gasteiger partial charge in [0.1, 0.15) is 10.6 Å². The van der Waals surface area contributed by atoms with Gasteiger partial charge in [-0.2, -0.15) is 0 Å². The van der Waals surface area contributed by atoms with Crippen molar-refractivity contribution in [2.24, 2.45) is 0 Å². The van der Waals surface area contributed by atoms with Crippen LogP contribution in [-0.4, -0.2) is 21.0 Å². The number of aromatic carboxylic acids is 1. The molecule has 0 spiro atoms. The molecule has 0 aromatic carbocycles. The van der Waals surface area contributed by atoms with Crippen LogP contribution in [0.1, 0.15) is 33.2 Å². The third kappa shape index (κ3) is 2.65. The molecule has 2 heterocycles. The molecule has 2 aromatic heterocycles. The number of carbonyl (C=O) groups is 1. The van der Waals surface area contributed by atoms with Gasteiger partial charge in [0.2, 0.25) is 0 Å². The van der Waals surface area contributed by atoms with E-state index in [9.17, 15) is 4.79 Å². The Kier molecular flexibility index (Phi) is 3.57. The first-order valence-electron chi connectivity index (χ1n) is 5.44. The standard InChI is InChI=1S/C12H13N3O2S/c1-7-5-14-11(18-7)8(2)15-10-3-4-13-6-9(10)12(16)17/h3-6,8H,1-2H3,(H,13,15)(H,16,17). The van der Waals surface area contributed by atoms with Crippen molar-refractivity contribution in [1.29, 1.82) is 0 Å². The van der Waals surface area contributed by atoms with Gasteiger partial charge < -0.3 is 10.4 Å². The first-order chi connectivity index (χ1) is 8.58. The third-order valence-corrected chi connectivity index (χ3v) is 3.53. The Morgan fingerprint density at radius 2 is 2.28 bits per heavy atom. The van der Waals surface area contributed by atoms with Gasteiger partial charge in [-0.1, -0.05) is 0 Å². The van der Waals surface area contributed by atoms with Gasteiger partial charge >= 0.3 is 5.97 Å². The number of carboxylic acids is 1. The van der Waals surface area contributed by atoms with Crippen molar-refractivity contribution in [2.45, 2.75) is 19.9 Å². The number of aryl methyl sites for hydroxylation is 1. The Balaban J connectivity index is 2.21. The van der Waals surface area contributed by atoms with E-state index in [0.29, 0.717) is 5.69 Å². The molecule has 0 aliphatic carbocycles. The second-order valence-corrected chi connectivity index (χ2v) is 5.17. The number of nitrogens with one attached hydrogen (secondary N) is 1. The molecule has 1 unspecified atom stereocenters. The predicted octanol–water partition coefficient (Wildman–Crippen LogP) is 2.72. The molecule has 0 amide bonds. The summed E-state index contributed by atoms with van der Waals surface area (Å²) in [4.78, 5) is 20.3. The Labute approximate surface area is 109 Å². The summed E-state index contributed by atoms with van der Waals surface area (Å²) in [7, 11) is 0. The minimum absolute atomic E-state index is 0.0378. The van der Waals surface area contributed by atoms with Crippen LogP contribution >= 0.6 is 11.3 Å². The zero-order valence-electron chi connectivity index (χ0n) is 10.0. The van der Waals surface area contributed by atoms with Crippen molar-refractivity contribution in [1.82, 2.24) is 9.97 Å². The maximum Gasteiger partial charge on any atom is 0.339 e. The maximum atomic E-state index is 11.1. The van der Waals surface area contributed by atoms with E-state index in [1.807, 2.05) is 20.0 Å². The van der Waals surface area contributed by atoms with Crippen molar-refractivity contribution < 1.29 is 9.90 Å². The molecule has 5 nitrogen and oxygen atoms in total. The van der Waals surface area contributed by atoms with E-state index in [4.69, 9.17) is 5.11 Å². The van der Waals surface area contributed by atoms with E-state index in [0.717, 1.165) is 9.88 Å². The lowest BCUT2D eigenvalue weighted by atomic mass is 10.2. The summed E-state index contributed by atoms with van der Waals surface area (Å²) in [5.41, 5.74) is 0.718. The predicted molar refractivity (Wildman–Crippen MR) is 70.1 cm³/mol. The van der Waals surface area contributed by atoms with Gasteiger partial charge in [0.25, 0.3) is 0 Å². The summed E-state index contributed by atoms with van der Waals surface area (Å²) >= 11 is 1.59. The smallest absolute Gasteiger partial charge is 0.339 e. The van der Waals surface area contributed by atoms with E-state index in [1.54, 1.807) is 23.6 Å². The average molecular weight is 263 g/mol. The fourth-order valence-corrected chi connectivity index (χ4v) is 2.33. The third-order valence-electron chi connectivity index (χ3n) is 2.43. The molecule has 0 saturated heterocycles. The summed E-state index contributed by atoms with van der Waals surface area (Å²) in [5, 5.41) is 13.1. The number of aromatic nitrogens is 2. The number of hydrogen-bond donors (Lipinski definition) is 2. The summed E-state index contributed by atoms with van der Waals surface area (Å²) < 4.78 is 0. The molecule has 1 atom stereocenters. The second kappa shape index (κ2) is 5.14. The molecule has 2 aromatic rings. The highest BCUT2D eigenvalue weighted by molar-refractivity contribution is 7.11. The fraction of sp³-hybridized carbons (Fsp3) is 0.250. The van der Waals surface area contributed by atoms with Crippen LogP contribution < -0.4 is 5.32 Å². The number of carboxylic acid groups (broad SMARTS) is 1. The minimum atomic E-state index is -0.992. The van der Waals surface area contributed by atoms with Gasteiger partial charge in [-0.3, -0.25) is 4.98 Å². The van der Waals surface area contributed by atoms with Crippen molar-refractivity contribution in [2.75, 3.05) is 5.32 Å². The SMILES string of the molecule is Cc1cnc(C(C)Nc2ccncc2C(=O)O)s1. The summed E-state index contributed by atoms with van der Waals surface area (Å²) in [6.07, 6.45) is 4.71. The highest BCUT2D eigenvalue weighted by Gasteiger charge is 2.14. The van der Waals surface area contributed by atoms with E-state index in [2.05, 4.69) is 15.3 Å². The maximum absolute atomic E-state index is 11.1. The number of pyridine rings is 1. The van der Waals surface area contributed by atoms with Crippen molar-refractivity contribution >= 4 is 23.0 Å². The van der Waals surface area contributed by atoms with Gasteiger partial charge in [0.05, 0.1) is 11.7 Å². The molecular formula is C12H13N3O2S. The van der Waals surface area contributed by atoms with Gasteiger partial charge in [-0.05, 0) is 19.9 Å². The molecule has 2 rings (SSSR count). The van der Waals surface area contributed by atoms with Crippen LogP contribution in [0, 0.1) is 6.92 Å². The molecule has 0 fully saturated rings. The van der Waals surface area contributed by atoms with Crippen LogP contribution in [0.25, 0.3) is 0 Å². The lowest BCUT2D eigenvalue weighted by Gasteiger charge is -2.14. The number of hydrogen-bond acceptors (Lipinski definition) is 5. The number of rotatable bonds is 4. The molecule has 0 aliphatic heterocycles. The molecule has 0 aliphatic rings. The van der Waals surface area contributed by atoms with Crippen LogP contribution in [0.2, 0.25) is 0 Å². The minimum Gasteiger partial charge on any atom is -0.478 e. The number of anilines is 1. The largest absolute Gasteiger partial charge is 0.478 e. The molecule has 6 heteroatoms. The first-order valence-corrected chi connectivity index (χ1v) is 6.25. The first kappa shape index (κ1) is 12.5. The summed E-state index contributed by atoms with van der Waals surface area (Å²) in [6, 6.07) is 1.62. The van der Waals surface area contributed by atoms with Crippen molar-refractivity contribution in [3.05, 3.63) is 40.1 Å². The van der Waals surface area contributed by atoms with Crippen LogP contribution in [0.4, 0.5) is 5.69 Å². The van der Waals surface area contributed by atoms with E-state index in [1.165, 1.54) is 6.20 Å². The van der Waals surface area contributed by atoms with Gasteiger partial charge in [0.15, 0.2) is 0 Å². The molecule has 2 N–H and O–H groups in total. The highest BCUT2D eigenvalue weighted by atomic mass is 32.1. The summed E-state index contributed by atoms with van der Waals surface area (Å²) in [6.45, 7) is 3.94. The van der Waals surface area contributed by atoms with Gasteiger partial charge in [0, 0.05) is 23.5 Å². The van der Waals surface area contributed by atoms with Gasteiger partial charge in [-0.25, -0.2) is 9.78 Å². The van der Waals surface area contributed by atoms with Crippen molar-refractivity contribution in [3.8, 4) is 0 Å². The molecule has 94 valence electrons. The average Bonchev–Trinajstić information content (AvgIpc) is 2.76. The Hall–Kier alpha value is -1.95. The molecular weight excluding hydrogens is 250 g/mol. The van der Waals surface area contributed by atoms with E-state index < -0.39 is 5.97 Å². The zero-order chi connectivity index (χ0) is 13.1. The lowest BCUT2D eigenvalue weighted by Crippen LogP contribution is -2.10. The fourth-order valence-electron chi connectivity index (χ4n) is 1.56. The Morgan fingerprint density at radius 1 is 1.50 bits per heavy atom. The van der Waals surface area contributed by atoms with Gasteiger partial charge in [-0.15, -0.1) is 11.3 Å². The lowest BCUT2D eigenvalue weighted by molar-refractivity contribution is 0.0697. The highest BCUT2D eigenvalue weighted by Crippen LogP contribution is 2.24.